The maximum atomic E-state index is 5.84. The molecule has 2 heterocycles. The molecule has 0 aliphatic rings. The van der Waals surface area contributed by atoms with Gasteiger partial charge in [-0.25, -0.2) is 0 Å². The van der Waals surface area contributed by atoms with Crippen LogP contribution in [-0.4, -0.2) is 20.0 Å². The molecule has 0 saturated carbocycles. The molecule has 0 amide bonds. The number of nitrogens with zero attached hydrogens (tertiary/aromatic N) is 4. The quantitative estimate of drug-likeness (QED) is 0.800. The summed E-state index contributed by atoms with van der Waals surface area (Å²) in [5.74, 6) is 0.833. The van der Waals surface area contributed by atoms with Gasteiger partial charge < -0.3 is 10.2 Å². The van der Waals surface area contributed by atoms with Crippen molar-refractivity contribution in [3.05, 3.63) is 46.9 Å². The minimum atomic E-state index is 0.326. The van der Waals surface area contributed by atoms with E-state index in [1.54, 1.807) is 17.9 Å². The topological polar surface area (TPSA) is 82.8 Å². The molecule has 1 aromatic carbocycles. The summed E-state index contributed by atoms with van der Waals surface area (Å²) in [4.78, 5) is 0. The van der Waals surface area contributed by atoms with E-state index in [2.05, 4.69) is 15.3 Å². The largest absolute Gasteiger partial charge is 0.419 e. The fraction of sp³-hybridized carbons (Fsp3) is 0.154. The van der Waals surface area contributed by atoms with E-state index in [-0.39, 0.29) is 0 Å². The molecule has 0 saturated heterocycles. The monoisotopic (exact) mass is 289 g/mol. The van der Waals surface area contributed by atoms with Gasteiger partial charge in [0.15, 0.2) is 5.69 Å². The van der Waals surface area contributed by atoms with Crippen LogP contribution in [0.4, 0.5) is 5.69 Å². The van der Waals surface area contributed by atoms with Gasteiger partial charge in [0.2, 0.25) is 5.89 Å². The van der Waals surface area contributed by atoms with Gasteiger partial charge in [-0.05, 0) is 17.7 Å². The molecule has 3 aromatic rings. The van der Waals surface area contributed by atoms with Crippen LogP contribution in [0.15, 0.2) is 34.9 Å². The Kier molecular flexibility index (Phi) is 3.15. The third kappa shape index (κ3) is 2.50. The van der Waals surface area contributed by atoms with Crippen LogP contribution in [0, 0.1) is 0 Å². The highest BCUT2D eigenvalue weighted by Crippen LogP contribution is 2.23. The third-order valence-corrected chi connectivity index (χ3v) is 3.05. The van der Waals surface area contributed by atoms with Gasteiger partial charge in [-0.2, -0.15) is 5.10 Å². The van der Waals surface area contributed by atoms with E-state index in [0.29, 0.717) is 34.6 Å². The van der Waals surface area contributed by atoms with E-state index in [1.165, 1.54) is 0 Å². The number of nitrogen functional groups attached to an aromatic ring is 1. The molecule has 2 aromatic heterocycles. The number of halogens is 1. The number of benzene rings is 1. The van der Waals surface area contributed by atoms with Crippen LogP contribution in [-0.2, 0) is 13.5 Å². The van der Waals surface area contributed by atoms with Gasteiger partial charge in [-0.1, -0.05) is 23.7 Å². The Labute approximate surface area is 120 Å². The standard InChI is InChI=1S/C13H12ClN5O/c1-19-7-10(15)12(18-19)13-17-16-11(20-13)6-8-2-4-9(14)5-3-8/h2-5,7H,6,15H2,1H3. The first-order valence-electron chi connectivity index (χ1n) is 5.98. The number of hydrogen-bond donors (Lipinski definition) is 1. The average molecular weight is 290 g/mol. The first-order chi connectivity index (χ1) is 9.61. The Bertz CT molecular complexity index is 732. The number of aromatic nitrogens is 4. The van der Waals surface area contributed by atoms with Gasteiger partial charge in [-0.3, -0.25) is 4.68 Å². The van der Waals surface area contributed by atoms with Gasteiger partial charge in [0, 0.05) is 18.3 Å². The molecule has 0 spiro atoms. The Balaban J connectivity index is 1.83. The molecule has 2 N–H and O–H groups in total. The Hall–Kier alpha value is -2.34. The molecule has 0 bridgehead atoms. The molecule has 0 aliphatic carbocycles. The van der Waals surface area contributed by atoms with Crippen LogP contribution in [0.3, 0.4) is 0 Å². The van der Waals surface area contributed by atoms with Crippen molar-refractivity contribution >= 4 is 17.3 Å². The molecule has 0 atom stereocenters. The molecule has 0 aliphatic heterocycles. The summed E-state index contributed by atoms with van der Waals surface area (Å²) in [6.45, 7) is 0. The average Bonchev–Trinajstić information content (AvgIpc) is 2.99. The van der Waals surface area contributed by atoms with E-state index in [1.807, 2.05) is 24.3 Å². The fourth-order valence-electron chi connectivity index (χ4n) is 1.87. The second kappa shape index (κ2) is 4.97. The summed E-state index contributed by atoms with van der Waals surface area (Å²) >= 11 is 5.84. The van der Waals surface area contributed by atoms with Crippen LogP contribution >= 0.6 is 11.6 Å². The highest BCUT2D eigenvalue weighted by molar-refractivity contribution is 6.30. The van der Waals surface area contributed by atoms with E-state index in [0.717, 1.165) is 5.56 Å². The van der Waals surface area contributed by atoms with Crippen molar-refractivity contribution in [1.82, 2.24) is 20.0 Å². The molecular formula is C13H12ClN5O. The zero-order valence-corrected chi connectivity index (χ0v) is 11.5. The lowest BCUT2D eigenvalue weighted by Gasteiger charge is -1.96. The second-order valence-electron chi connectivity index (χ2n) is 4.41. The van der Waals surface area contributed by atoms with Crippen molar-refractivity contribution in [2.24, 2.45) is 7.05 Å². The predicted molar refractivity (Wildman–Crippen MR) is 75.2 cm³/mol. The van der Waals surface area contributed by atoms with Crippen LogP contribution < -0.4 is 5.73 Å². The lowest BCUT2D eigenvalue weighted by atomic mass is 10.1. The summed E-state index contributed by atoms with van der Waals surface area (Å²) in [5.41, 5.74) is 7.88. The summed E-state index contributed by atoms with van der Waals surface area (Å²) in [6.07, 6.45) is 2.23. The lowest BCUT2D eigenvalue weighted by molar-refractivity contribution is 0.515. The summed E-state index contributed by atoms with van der Waals surface area (Å²) in [7, 11) is 1.78. The number of nitrogens with two attached hydrogens (primary N) is 1. The predicted octanol–water partition coefficient (Wildman–Crippen LogP) is 2.30. The van der Waals surface area contributed by atoms with E-state index >= 15 is 0 Å². The molecule has 102 valence electrons. The maximum Gasteiger partial charge on any atom is 0.270 e. The van der Waals surface area contributed by atoms with Crippen LogP contribution in [0.25, 0.3) is 11.6 Å². The molecule has 7 heteroatoms. The molecule has 6 nitrogen and oxygen atoms in total. The third-order valence-electron chi connectivity index (χ3n) is 2.80. The van der Waals surface area contributed by atoms with Gasteiger partial charge in [0.05, 0.1) is 12.1 Å². The first kappa shape index (κ1) is 12.7. The van der Waals surface area contributed by atoms with Crippen molar-refractivity contribution in [3.63, 3.8) is 0 Å². The van der Waals surface area contributed by atoms with Gasteiger partial charge in [0.1, 0.15) is 0 Å². The smallest absolute Gasteiger partial charge is 0.270 e. The highest BCUT2D eigenvalue weighted by Gasteiger charge is 2.15. The molecular weight excluding hydrogens is 278 g/mol. The Morgan fingerprint density at radius 1 is 1.25 bits per heavy atom. The number of rotatable bonds is 3. The number of aryl methyl sites for hydroxylation is 1. The molecule has 0 unspecified atom stereocenters. The first-order valence-corrected chi connectivity index (χ1v) is 6.36. The van der Waals surface area contributed by atoms with Gasteiger partial charge >= 0.3 is 0 Å². The minimum Gasteiger partial charge on any atom is -0.419 e. The Morgan fingerprint density at radius 2 is 2.00 bits per heavy atom. The van der Waals surface area contributed by atoms with Crippen LogP contribution in [0.5, 0.6) is 0 Å². The number of anilines is 1. The normalized spacial score (nSPS) is 10.9. The summed E-state index contributed by atoms with van der Waals surface area (Å²) < 4.78 is 7.19. The molecule has 0 radical (unpaired) electrons. The van der Waals surface area contributed by atoms with Crippen LogP contribution in [0.2, 0.25) is 5.02 Å². The van der Waals surface area contributed by atoms with Crippen LogP contribution in [0.1, 0.15) is 11.5 Å². The fourth-order valence-corrected chi connectivity index (χ4v) is 2.00. The Morgan fingerprint density at radius 3 is 2.65 bits per heavy atom. The second-order valence-corrected chi connectivity index (χ2v) is 4.85. The van der Waals surface area contributed by atoms with Crippen molar-refractivity contribution in [1.29, 1.82) is 0 Å². The van der Waals surface area contributed by atoms with E-state index in [4.69, 9.17) is 21.8 Å². The van der Waals surface area contributed by atoms with E-state index in [9.17, 15) is 0 Å². The molecule has 3 rings (SSSR count). The van der Waals surface area contributed by atoms with E-state index < -0.39 is 0 Å². The zero-order valence-electron chi connectivity index (χ0n) is 10.7. The van der Waals surface area contributed by atoms with Crippen molar-refractivity contribution in [2.75, 3.05) is 5.73 Å². The van der Waals surface area contributed by atoms with Gasteiger partial charge in [-0.15, -0.1) is 10.2 Å². The number of hydrogen-bond acceptors (Lipinski definition) is 5. The van der Waals surface area contributed by atoms with Crippen molar-refractivity contribution in [3.8, 4) is 11.6 Å². The summed E-state index contributed by atoms with van der Waals surface area (Å²) in [5, 5.41) is 12.9. The molecule has 0 fully saturated rings. The van der Waals surface area contributed by atoms with Gasteiger partial charge in [0.25, 0.3) is 5.89 Å². The minimum absolute atomic E-state index is 0.326. The summed E-state index contributed by atoms with van der Waals surface area (Å²) in [6, 6.07) is 7.48. The zero-order chi connectivity index (χ0) is 14.1. The SMILES string of the molecule is Cn1cc(N)c(-c2nnc(Cc3ccc(Cl)cc3)o2)n1. The molecule has 20 heavy (non-hydrogen) atoms. The highest BCUT2D eigenvalue weighted by atomic mass is 35.5. The van der Waals surface area contributed by atoms with Crippen molar-refractivity contribution < 1.29 is 4.42 Å². The maximum absolute atomic E-state index is 5.84. The van der Waals surface area contributed by atoms with Crippen molar-refractivity contribution in [2.45, 2.75) is 6.42 Å². The lowest BCUT2D eigenvalue weighted by Crippen LogP contribution is -1.88.